The Balaban J connectivity index is 1.34. The Kier molecular flexibility index (Phi) is 4.94. The minimum absolute atomic E-state index is 0.196. The Morgan fingerprint density at radius 3 is 2.10 bits per heavy atom. The molecule has 0 radical (unpaired) electrons. The van der Waals surface area contributed by atoms with E-state index in [9.17, 15) is 4.79 Å². The van der Waals surface area contributed by atoms with E-state index in [4.69, 9.17) is 14.0 Å². The molecule has 0 saturated carbocycles. The minimum atomic E-state index is -0.444. The summed E-state index contributed by atoms with van der Waals surface area (Å²) in [4.78, 5) is 16.5. The number of hydrogen-bond acceptors (Lipinski definition) is 5. The van der Waals surface area contributed by atoms with E-state index < -0.39 is 5.60 Å². The molecule has 4 rings (SSSR count). The molecule has 1 amide bonds. The third-order valence-corrected chi connectivity index (χ3v) is 6.93. The van der Waals surface area contributed by atoms with Gasteiger partial charge in [0.25, 0.3) is 0 Å². The Morgan fingerprint density at radius 1 is 1.00 bits per heavy atom. The molecular weight excluding hydrogens is 379 g/mol. The summed E-state index contributed by atoms with van der Waals surface area (Å²) in [6.45, 7) is 17.6. The fourth-order valence-electron chi connectivity index (χ4n) is 4.45. The van der Waals surface area contributed by atoms with Crippen molar-refractivity contribution >= 4 is 24.4 Å². The van der Waals surface area contributed by atoms with Gasteiger partial charge in [-0.15, -0.1) is 0 Å². The first-order valence-electron chi connectivity index (χ1n) is 11.0. The Labute approximate surface area is 181 Å². The van der Waals surface area contributed by atoms with Gasteiger partial charge in [-0.25, -0.2) is 4.79 Å². The van der Waals surface area contributed by atoms with Gasteiger partial charge in [0.05, 0.1) is 11.2 Å². The summed E-state index contributed by atoms with van der Waals surface area (Å²) in [6, 6.07) is 8.53. The van der Waals surface area contributed by atoms with Gasteiger partial charge in [-0.2, -0.15) is 0 Å². The molecule has 1 spiro atoms. The molecule has 0 N–H and O–H groups in total. The minimum Gasteiger partial charge on any atom is -0.444 e. The van der Waals surface area contributed by atoms with Crippen LogP contribution in [0.15, 0.2) is 24.3 Å². The van der Waals surface area contributed by atoms with Crippen LogP contribution in [0.5, 0.6) is 0 Å². The number of rotatable bonds is 2. The van der Waals surface area contributed by atoms with Gasteiger partial charge >= 0.3 is 13.2 Å². The number of carbonyl (C=O) groups is 1. The third-order valence-electron chi connectivity index (χ3n) is 6.93. The van der Waals surface area contributed by atoms with E-state index in [1.165, 1.54) is 5.69 Å². The second-order valence-corrected chi connectivity index (χ2v) is 11.2. The van der Waals surface area contributed by atoms with E-state index in [0.717, 1.165) is 38.1 Å². The highest BCUT2D eigenvalue weighted by Gasteiger charge is 2.52. The summed E-state index contributed by atoms with van der Waals surface area (Å²) >= 11 is 0. The summed E-state index contributed by atoms with van der Waals surface area (Å²) in [6.07, 6.45) is 0.906. The van der Waals surface area contributed by atoms with E-state index in [-0.39, 0.29) is 29.8 Å². The van der Waals surface area contributed by atoms with Gasteiger partial charge in [-0.1, -0.05) is 12.1 Å². The molecule has 0 unspecified atom stereocenters. The maximum Gasteiger partial charge on any atom is 0.494 e. The fourth-order valence-corrected chi connectivity index (χ4v) is 4.45. The fraction of sp³-hybridized carbons (Fsp3) is 0.696. The lowest BCUT2D eigenvalue weighted by Crippen LogP contribution is -2.60. The van der Waals surface area contributed by atoms with Crippen LogP contribution in [-0.4, -0.2) is 61.1 Å². The van der Waals surface area contributed by atoms with Crippen LogP contribution in [0.3, 0.4) is 0 Å². The van der Waals surface area contributed by atoms with Crippen LogP contribution in [0.4, 0.5) is 10.5 Å². The van der Waals surface area contributed by atoms with Crippen LogP contribution in [0.2, 0.25) is 0 Å². The molecule has 0 aromatic heterocycles. The molecule has 3 aliphatic heterocycles. The number of hydrogen-bond donors (Lipinski definition) is 0. The average molecular weight is 414 g/mol. The summed E-state index contributed by atoms with van der Waals surface area (Å²) in [7, 11) is -0.331. The van der Waals surface area contributed by atoms with Gasteiger partial charge in [0.2, 0.25) is 0 Å². The van der Waals surface area contributed by atoms with Crippen LogP contribution in [-0.2, 0) is 14.0 Å². The molecule has 30 heavy (non-hydrogen) atoms. The van der Waals surface area contributed by atoms with Gasteiger partial charge in [0.1, 0.15) is 5.60 Å². The summed E-state index contributed by atoms with van der Waals surface area (Å²) in [5, 5.41) is 0. The molecule has 0 bridgehead atoms. The average Bonchev–Trinajstić information content (AvgIpc) is 3.12. The predicted octanol–water partition coefficient (Wildman–Crippen LogP) is 3.43. The maximum atomic E-state index is 12.3. The van der Waals surface area contributed by atoms with Crippen LogP contribution >= 0.6 is 0 Å². The van der Waals surface area contributed by atoms with E-state index in [1.807, 2.05) is 25.7 Å². The van der Waals surface area contributed by atoms with Gasteiger partial charge in [-0.05, 0) is 72.5 Å². The first-order valence-corrected chi connectivity index (χ1v) is 11.0. The lowest BCUT2D eigenvalue weighted by atomic mass is 9.79. The molecule has 0 aliphatic carbocycles. The molecule has 3 fully saturated rings. The number of anilines is 1. The van der Waals surface area contributed by atoms with Crippen molar-refractivity contribution in [2.45, 2.75) is 71.7 Å². The third kappa shape index (κ3) is 3.94. The predicted molar refractivity (Wildman–Crippen MR) is 119 cm³/mol. The van der Waals surface area contributed by atoms with Gasteiger partial charge in [-0.3, -0.25) is 0 Å². The molecule has 3 aliphatic rings. The van der Waals surface area contributed by atoms with E-state index >= 15 is 0 Å². The second-order valence-electron chi connectivity index (χ2n) is 11.2. The summed E-state index contributed by atoms with van der Waals surface area (Å²) < 4.78 is 17.8. The van der Waals surface area contributed by atoms with Crippen molar-refractivity contribution in [2.24, 2.45) is 5.41 Å². The number of amides is 1. The maximum absolute atomic E-state index is 12.3. The van der Waals surface area contributed by atoms with Crippen LogP contribution in [0.25, 0.3) is 0 Å². The van der Waals surface area contributed by atoms with E-state index in [2.05, 4.69) is 56.9 Å². The van der Waals surface area contributed by atoms with Crippen molar-refractivity contribution < 1.29 is 18.8 Å². The lowest BCUT2D eigenvalue weighted by Gasteiger charge is -2.47. The number of carbonyl (C=O) groups excluding carboxylic acids is 1. The molecule has 164 valence electrons. The quantitative estimate of drug-likeness (QED) is 0.695. The van der Waals surface area contributed by atoms with Crippen LogP contribution < -0.4 is 10.4 Å². The van der Waals surface area contributed by atoms with Crippen molar-refractivity contribution in [2.75, 3.05) is 31.1 Å². The number of ether oxygens (including phenoxy) is 1. The molecule has 3 saturated heterocycles. The SMILES string of the molecule is CC(C)(C)OC(=O)N1CC2(CCN(c3ccc(B4OC(C)(C)C(C)(C)O4)cc3)C2)C1. The summed E-state index contributed by atoms with van der Waals surface area (Å²) in [5.41, 5.74) is 1.35. The molecule has 1 aromatic carbocycles. The molecule has 3 heterocycles. The van der Waals surface area contributed by atoms with E-state index in [1.54, 1.807) is 0 Å². The monoisotopic (exact) mass is 414 g/mol. The molecule has 0 atom stereocenters. The largest absolute Gasteiger partial charge is 0.494 e. The first-order chi connectivity index (χ1) is 13.8. The zero-order valence-electron chi connectivity index (χ0n) is 19.4. The van der Waals surface area contributed by atoms with Crippen molar-refractivity contribution in [1.82, 2.24) is 4.90 Å². The zero-order chi connectivity index (χ0) is 21.9. The van der Waals surface area contributed by atoms with Gasteiger partial charge in [0, 0.05) is 37.3 Å². The van der Waals surface area contributed by atoms with Crippen molar-refractivity contribution in [3.05, 3.63) is 24.3 Å². The standard InChI is InChI=1S/C23H35BN2O4/c1-20(2,3)28-19(27)26-15-23(16-26)12-13-25(14-23)18-10-8-17(9-11-18)24-29-21(4,5)22(6,7)30-24/h8-11H,12-16H2,1-7H3. The van der Waals surface area contributed by atoms with Crippen molar-refractivity contribution in [3.8, 4) is 0 Å². The van der Waals surface area contributed by atoms with Crippen LogP contribution in [0.1, 0.15) is 54.9 Å². The van der Waals surface area contributed by atoms with Crippen LogP contribution in [0, 0.1) is 5.41 Å². The molecule has 7 heteroatoms. The molecule has 6 nitrogen and oxygen atoms in total. The second kappa shape index (κ2) is 6.89. The first kappa shape index (κ1) is 21.5. The Morgan fingerprint density at radius 2 is 1.57 bits per heavy atom. The molecule has 1 aromatic rings. The van der Waals surface area contributed by atoms with Crippen molar-refractivity contribution in [1.29, 1.82) is 0 Å². The highest BCUT2D eigenvalue weighted by molar-refractivity contribution is 6.62. The number of nitrogens with zero attached hydrogens (tertiary/aromatic N) is 2. The van der Waals surface area contributed by atoms with Gasteiger partial charge in [0.15, 0.2) is 0 Å². The topological polar surface area (TPSA) is 51.2 Å². The normalized spacial score (nSPS) is 24.3. The highest BCUT2D eigenvalue weighted by Crippen LogP contribution is 2.42. The van der Waals surface area contributed by atoms with E-state index in [0.29, 0.717) is 0 Å². The van der Waals surface area contributed by atoms with Gasteiger partial charge < -0.3 is 23.8 Å². The van der Waals surface area contributed by atoms with Crippen molar-refractivity contribution in [3.63, 3.8) is 0 Å². The zero-order valence-corrected chi connectivity index (χ0v) is 19.4. The highest BCUT2D eigenvalue weighted by atomic mass is 16.7. The Hall–Kier alpha value is -1.73. The lowest BCUT2D eigenvalue weighted by molar-refractivity contribution is -0.0266. The molecular formula is C23H35BN2O4. The summed E-state index contributed by atoms with van der Waals surface area (Å²) in [5.74, 6) is 0. The smallest absolute Gasteiger partial charge is 0.444 e. The number of benzene rings is 1. The number of likely N-dealkylation sites (tertiary alicyclic amines) is 1. The Bertz CT molecular complexity index is 793.